The van der Waals surface area contributed by atoms with E-state index >= 15 is 0 Å². The van der Waals surface area contributed by atoms with Crippen LogP contribution >= 0.6 is 36.2 Å². The van der Waals surface area contributed by atoms with Crippen LogP contribution in [0.5, 0.6) is 0 Å². The van der Waals surface area contributed by atoms with Crippen molar-refractivity contribution in [1.29, 1.82) is 0 Å². The summed E-state index contributed by atoms with van der Waals surface area (Å²) in [5.74, 6) is 0.333. The van der Waals surface area contributed by atoms with Crippen LogP contribution in [0.3, 0.4) is 0 Å². The highest BCUT2D eigenvalue weighted by Gasteiger charge is 2.38. The van der Waals surface area contributed by atoms with Crippen molar-refractivity contribution in [2.24, 2.45) is 0 Å². The zero-order chi connectivity index (χ0) is 15.8. The molecule has 9 heteroatoms. The lowest BCUT2D eigenvalue weighted by Crippen LogP contribution is -2.43. The Morgan fingerprint density at radius 2 is 2.08 bits per heavy atom. The molecule has 2 bridgehead atoms. The van der Waals surface area contributed by atoms with E-state index in [1.54, 1.807) is 4.90 Å². The van der Waals surface area contributed by atoms with Gasteiger partial charge in [-0.05, 0) is 32.2 Å². The fourth-order valence-electron chi connectivity index (χ4n) is 3.99. The second-order valence-electron chi connectivity index (χ2n) is 6.63. The number of halogens is 2. The number of rotatable bonds is 3. The van der Waals surface area contributed by atoms with E-state index in [0.29, 0.717) is 24.9 Å². The zero-order valence-electron chi connectivity index (χ0n) is 14.0. The van der Waals surface area contributed by atoms with Gasteiger partial charge in [0.2, 0.25) is 11.8 Å². The van der Waals surface area contributed by atoms with Crippen molar-refractivity contribution >= 4 is 53.1 Å². The molecule has 3 aliphatic heterocycles. The number of hydrogen-bond donors (Lipinski definition) is 1. The molecule has 2 unspecified atom stereocenters. The van der Waals surface area contributed by atoms with Gasteiger partial charge >= 0.3 is 0 Å². The van der Waals surface area contributed by atoms with Gasteiger partial charge in [-0.2, -0.15) is 0 Å². The smallest absolute Gasteiger partial charge is 0.229 e. The molecule has 1 aromatic rings. The molecule has 0 spiro atoms. The highest BCUT2D eigenvalue weighted by molar-refractivity contribution is 7.14. The van der Waals surface area contributed by atoms with Gasteiger partial charge in [-0.15, -0.1) is 36.2 Å². The Balaban J connectivity index is 0.00000113. The van der Waals surface area contributed by atoms with Crippen LogP contribution in [0.25, 0.3) is 0 Å². The average molecular weight is 407 g/mol. The molecule has 140 valence electrons. The molecule has 0 aromatic carbocycles. The van der Waals surface area contributed by atoms with E-state index in [4.69, 9.17) is 0 Å². The van der Waals surface area contributed by atoms with Crippen molar-refractivity contribution in [1.82, 2.24) is 15.2 Å². The third kappa shape index (κ3) is 4.10. The van der Waals surface area contributed by atoms with Crippen LogP contribution in [0.2, 0.25) is 0 Å². The van der Waals surface area contributed by atoms with Crippen LogP contribution in [-0.2, 0) is 16.0 Å². The Kier molecular flexibility index (Phi) is 7.08. The van der Waals surface area contributed by atoms with E-state index in [9.17, 15) is 9.59 Å². The van der Waals surface area contributed by atoms with Crippen molar-refractivity contribution in [2.75, 3.05) is 24.5 Å². The predicted octanol–water partition coefficient (Wildman–Crippen LogP) is 2.01. The van der Waals surface area contributed by atoms with E-state index in [1.165, 1.54) is 11.3 Å². The number of thiazole rings is 1. The molecule has 6 nitrogen and oxygen atoms in total. The Bertz CT molecular complexity index is 613. The number of carbonyl (C=O) groups is 2. The van der Waals surface area contributed by atoms with Gasteiger partial charge < -0.3 is 10.2 Å². The van der Waals surface area contributed by atoms with Crippen LogP contribution in [0, 0.1) is 0 Å². The summed E-state index contributed by atoms with van der Waals surface area (Å²) >= 11 is 1.47. The first-order valence-electron chi connectivity index (χ1n) is 8.49. The van der Waals surface area contributed by atoms with Gasteiger partial charge in [0.05, 0.1) is 12.1 Å². The molecule has 0 radical (unpaired) electrons. The first-order chi connectivity index (χ1) is 11.2. The summed E-state index contributed by atoms with van der Waals surface area (Å²) in [4.78, 5) is 32.9. The number of aromatic nitrogens is 1. The number of fused-ring (bicyclic) bond motifs is 2. The quantitative estimate of drug-likeness (QED) is 0.833. The SMILES string of the molecule is Cl.Cl.O=C1CCCN1c1nc(CC(=O)N2C3CCNCC2CC3)cs1. The van der Waals surface area contributed by atoms with Gasteiger partial charge in [-0.1, -0.05) is 0 Å². The van der Waals surface area contributed by atoms with Crippen LogP contribution in [-0.4, -0.2) is 53.4 Å². The summed E-state index contributed by atoms with van der Waals surface area (Å²) in [6.07, 6.45) is 5.14. The first-order valence-corrected chi connectivity index (χ1v) is 9.37. The topological polar surface area (TPSA) is 65.5 Å². The van der Waals surface area contributed by atoms with Crippen LogP contribution in [0.4, 0.5) is 5.13 Å². The zero-order valence-corrected chi connectivity index (χ0v) is 16.4. The number of carbonyl (C=O) groups excluding carboxylic acids is 2. The third-order valence-corrected chi connectivity index (χ3v) is 6.03. The summed E-state index contributed by atoms with van der Waals surface area (Å²) in [6, 6.07) is 0.731. The van der Waals surface area contributed by atoms with E-state index in [-0.39, 0.29) is 36.6 Å². The van der Waals surface area contributed by atoms with Crippen LogP contribution in [0.15, 0.2) is 5.38 Å². The maximum Gasteiger partial charge on any atom is 0.229 e. The predicted molar refractivity (Wildman–Crippen MR) is 103 cm³/mol. The molecule has 1 N–H and O–H groups in total. The van der Waals surface area contributed by atoms with Gasteiger partial charge in [-0.3, -0.25) is 14.5 Å². The molecule has 1 aromatic heterocycles. The van der Waals surface area contributed by atoms with Gasteiger partial charge in [0.15, 0.2) is 5.13 Å². The molecular weight excluding hydrogens is 383 g/mol. The Hall–Kier alpha value is -0.890. The van der Waals surface area contributed by atoms with Crippen LogP contribution in [0.1, 0.15) is 37.8 Å². The number of anilines is 1. The third-order valence-electron chi connectivity index (χ3n) is 5.12. The van der Waals surface area contributed by atoms with Gasteiger partial charge in [-0.25, -0.2) is 4.98 Å². The fraction of sp³-hybridized carbons (Fsp3) is 0.688. The van der Waals surface area contributed by atoms with Crippen molar-refractivity contribution in [2.45, 2.75) is 50.6 Å². The van der Waals surface area contributed by atoms with E-state index in [2.05, 4.69) is 15.2 Å². The van der Waals surface area contributed by atoms with E-state index in [1.807, 2.05) is 5.38 Å². The molecular formula is C16H24Cl2N4O2S. The van der Waals surface area contributed by atoms with Crippen LogP contribution < -0.4 is 10.2 Å². The molecule has 2 amide bonds. The Labute approximate surface area is 164 Å². The van der Waals surface area contributed by atoms with Crippen molar-refractivity contribution < 1.29 is 9.59 Å². The highest BCUT2D eigenvalue weighted by Crippen LogP contribution is 2.30. The molecule has 3 aliphatic rings. The molecule has 4 heterocycles. The number of nitrogens with one attached hydrogen (secondary N) is 1. The standard InChI is InChI=1S/C16H22N4O2S.2ClH/c21-14-2-1-7-19(14)16-18-11(10-23-16)8-15(22)20-12-3-4-13(20)9-17-6-5-12;;/h10,12-13,17H,1-9H2;2*1H. The van der Waals surface area contributed by atoms with Crippen molar-refractivity contribution in [3.05, 3.63) is 11.1 Å². The summed E-state index contributed by atoms with van der Waals surface area (Å²) in [6.45, 7) is 2.66. The maximum absolute atomic E-state index is 12.8. The lowest BCUT2D eigenvalue weighted by molar-refractivity contribution is -0.133. The molecule has 25 heavy (non-hydrogen) atoms. The van der Waals surface area contributed by atoms with Gasteiger partial charge in [0.25, 0.3) is 0 Å². The minimum absolute atomic E-state index is 0. The van der Waals surface area contributed by atoms with Gasteiger partial charge in [0, 0.05) is 37.0 Å². The average Bonchev–Trinajstić information content (AvgIpc) is 3.18. The number of nitrogens with zero attached hydrogens (tertiary/aromatic N) is 3. The second kappa shape index (κ2) is 8.66. The molecule has 0 aliphatic carbocycles. The molecule has 3 fully saturated rings. The molecule has 0 saturated carbocycles. The monoisotopic (exact) mass is 406 g/mol. The van der Waals surface area contributed by atoms with Crippen molar-refractivity contribution in [3.8, 4) is 0 Å². The Morgan fingerprint density at radius 1 is 1.28 bits per heavy atom. The minimum Gasteiger partial charge on any atom is -0.335 e. The second-order valence-corrected chi connectivity index (χ2v) is 7.46. The van der Waals surface area contributed by atoms with Gasteiger partial charge in [0.1, 0.15) is 0 Å². The molecule has 4 rings (SSSR count). The summed E-state index contributed by atoms with van der Waals surface area (Å²) in [5, 5.41) is 6.10. The molecule has 3 saturated heterocycles. The largest absolute Gasteiger partial charge is 0.335 e. The van der Waals surface area contributed by atoms with Crippen molar-refractivity contribution in [3.63, 3.8) is 0 Å². The number of amides is 2. The maximum atomic E-state index is 12.8. The lowest BCUT2D eigenvalue weighted by Gasteiger charge is -2.27. The van der Waals surface area contributed by atoms with E-state index < -0.39 is 0 Å². The minimum atomic E-state index is 0. The normalized spacial score (nSPS) is 25.4. The molecule has 2 atom stereocenters. The summed E-state index contributed by atoms with van der Waals surface area (Å²) in [5.41, 5.74) is 0.798. The Morgan fingerprint density at radius 3 is 2.84 bits per heavy atom. The summed E-state index contributed by atoms with van der Waals surface area (Å²) < 4.78 is 0. The number of hydrogen-bond acceptors (Lipinski definition) is 5. The summed E-state index contributed by atoms with van der Waals surface area (Å²) in [7, 11) is 0. The van der Waals surface area contributed by atoms with E-state index in [0.717, 1.165) is 56.1 Å². The first kappa shape index (κ1) is 20.4. The highest BCUT2D eigenvalue weighted by atomic mass is 35.5. The fourth-order valence-corrected chi connectivity index (χ4v) is 4.86. The lowest BCUT2D eigenvalue weighted by atomic mass is 10.1.